The Morgan fingerprint density at radius 3 is 2.54 bits per heavy atom. The molecule has 4 rings (SSSR count). The maximum Gasteiger partial charge on any atom is 0.217 e. The minimum atomic E-state index is -0.160. The number of allylic oxidation sites excluding steroid dienone is 2. The van der Waals surface area contributed by atoms with Crippen LogP contribution in [0.3, 0.4) is 0 Å². The molecule has 28 heavy (non-hydrogen) atoms. The number of carbonyl (C=O) groups is 1. The zero-order chi connectivity index (χ0) is 20.5. The lowest BCUT2D eigenvalue weighted by molar-refractivity contribution is -0.134. The van der Waals surface area contributed by atoms with Gasteiger partial charge in [-0.25, -0.2) is 0 Å². The van der Waals surface area contributed by atoms with Crippen LogP contribution in [0.15, 0.2) is 11.6 Å². The molecule has 2 N–H and O–H groups in total. The molecule has 0 spiro atoms. The van der Waals surface area contributed by atoms with Gasteiger partial charge in [0.2, 0.25) is 5.91 Å². The van der Waals surface area contributed by atoms with Crippen molar-refractivity contribution in [3.8, 4) is 6.07 Å². The number of aliphatic hydroxyl groups is 1. The average Bonchev–Trinajstić information content (AvgIpc) is 2.99. The van der Waals surface area contributed by atoms with Crippen LogP contribution in [-0.4, -0.2) is 22.7 Å². The lowest BCUT2D eigenvalue weighted by Crippen LogP contribution is -2.67. The molecule has 7 atom stereocenters. The molecule has 0 bridgehead atoms. The number of hydrogen-bond donors (Lipinski definition) is 2. The largest absolute Gasteiger partial charge is 0.393 e. The van der Waals surface area contributed by atoms with Gasteiger partial charge in [0.05, 0.1) is 12.2 Å². The van der Waals surface area contributed by atoms with E-state index in [1.807, 2.05) is 13.8 Å². The number of rotatable bonds is 1. The molecule has 4 nitrogen and oxygen atoms in total. The normalized spacial score (nSPS) is 45.6. The summed E-state index contributed by atoms with van der Waals surface area (Å²) in [5, 5.41) is 22.9. The highest BCUT2D eigenvalue weighted by atomic mass is 16.3. The number of nitrogens with one attached hydrogen (secondary N) is 1. The molecule has 0 heterocycles. The Kier molecular flexibility index (Phi) is 6.25. The SMILES string of the molecule is CC.CC(=O)NC12CC[C@]3(C)/C(=C\C#N)CCC3C1CCC1CC(O)CCC12. The van der Waals surface area contributed by atoms with Crippen LogP contribution in [0.25, 0.3) is 0 Å². The Morgan fingerprint density at radius 2 is 1.86 bits per heavy atom. The van der Waals surface area contributed by atoms with Crippen molar-refractivity contribution in [3.05, 3.63) is 11.6 Å². The maximum atomic E-state index is 12.2. The van der Waals surface area contributed by atoms with E-state index in [1.54, 1.807) is 13.0 Å². The minimum Gasteiger partial charge on any atom is -0.393 e. The van der Waals surface area contributed by atoms with Crippen molar-refractivity contribution in [2.45, 2.75) is 97.1 Å². The van der Waals surface area contributed by atoms with Crippen LogP contribution >= 0.6 is 0 Å². The van der Waals surface area contributed by atoms with Gasteiger partial charge in [0, 0.05) is 18.5 Å². The van der Waals surface area contributed by atoms with Gasteiger partial charge in [-0.2, -0.15) is 5.26 Å². The molecule has 4 fully saturated rings. The molecule has 0 radical (unpaired) electrons. The van der Waals surface area contributed by atoms with Crippen molar-refractivity contribution in [1.82, 2.24) is 5.32 Å². The van der Waals surface area contributed by atoms with Gasteiger partial charge in [0.15, 0.2) is 0 Å². The minimum absolute atomic E-state index is 0.0937. The summed E-state index contributed by atoms with van der Waals surface area (Å²) in [6, 6.07) is 2.27. The fraction of sp³-hybridized carbons (Fsp3) is 0.833. The van der Waals surface area contributed by atoms with Crippen LogP contribution in [0.4, 0.5) is 0 Å². The zero-order valence-electron chi connectivity index (χ0n) is 18.1. The molecule has 0 aromatic rings. The van der Waals surface area contributed by atoms with Gasteiger partial charge in [-0.1, -0.05) is 26.3 Å². The van der Waals surface area contributed by atoms with E-state index in [2.05, 4.69) is 18.3 Å². The fourth-order valence-corrected chi connectivity index (χ4v) is 7.60. The predicted octanol–water partition coefficient (Wildman–Crippen LogP) is 4.73. The van der Waals surface area contributed by atoms with Crippen LogP contribution in [-0.2, 0) is 4.79 Å². The van der Waals surface area contributed by atoms with Crippen LogP contribution in [0.5, 0.6) is 0 Å². The topological polar surface area (TPSA) is 73.1 Å². The monoisotopic (exact) mass is 386 g/mol. The number of nitrogens with zero attached hydrogens (tertiary/aromatic N) is 1. The first-order valence-corrected chi connectivity index (χ1v) is 11.5. The van der Waals surface area contributed by atoms with Crippen molar-refractivity contribution in [1.29, 1.82) is 5.26 Å². The molecule has 156 valence electrons. The standard InChI is InChI=1S/C22H32N2O2.C2H6/c1-14(25)24-22-11-10-21(2)16(9-12-23)4-7-19(21)20(22)6-3-15-13-17(26)5-8-18(15)22;1-2/h9,15,17-20,26H,3-8,10-11,13H2,1-2H3,(H,24,25);1-2H3/b16-9-;/t15?,17?,18?,19?,20?,21-,22?;/m1./s1. The first-order valence-electron chi connectivity index (χ1n) is 11.5. The molecule has 4 saturated carbocycles. The van der Waals surface area contributed by atoms with Crippen molar-refractivity contribution < 1.29 is 9.90 Å². The van der Waals surface area contributed by atoms with Gasteiger partial charge >= 0.3 is 0 Å². The summed E-state index contributed by atoms with van der Waals surface area (Å²) in [5.74, 6) is 2.21. The molecule has 0 aromatic heterocycles. The molecular formula is C24H38N2O2. The lowest BCUT2D eigenvalue weighted by Gasteiger charge is -2.62. The summed E-state index contributed by atoms with van der Waals surface area (Å²) < 4.78 is 0. The molecule has 1 amide bonds. The Morgan fingerprint density at radius 1 is 1.14 bits per heavy atom. The summed E-state index contributed by atoms with van der Waals surface area (Å²) in [6.07, 6.45) is 11.0. The Bertz CT molecular complexity index is 666. The van der Waals surface area contributed by atoms with Gasteiger partial charge in [0.1, 0.15) is 0 Å². The summed E-state index contributed by atoms with van der Waals surface area (Å²) in [4.78, 5) is 12.2. The van der Waals surface area contributed by atoms with E-state index in [4.69, 9.17) is 0 Å². The first kappa shape index (κ1) is 21.4. The van der Waals surface area contributed by atoms with Crippen LogP contribution in [0.2, 0.25) is 0 Å². The Balaban J connectivity index is 0.00000109. The third-order valence-electron chi connectivity index (χ3n) is 8.59. The molecule has 0 aliphatic heterocycles. The molecule has 4 heteroatoms. The van der Waals surface area contributed by atoms with Crippen molar-refractivity contribution in [2.24, 2.45) is 29.1 Å². The number of hydrogen-bond acceptors (Lipinski definition) is 3. The van der Waals surface area contributed by atoms with Crippen LogP contribution in [0, 0.1) is 40.4 Å². The number of nitriles is 1. The smallest absolute Gasteiger partial charge is 0.217 e. The van der Waals surface area contributed by atoms with E-state index >= 15 is 0 Å². The third-order valence-corrected chi connectivity index (χ3v) is 8.59. The zero-order valence-corrected chi connectivity index (χ0v) is 18.1. The van der Waals surface area contributed by atoms with E-state index < -0.39 is 0 Å². The van der Waals surface area contributed by atoms with Crippen molar-refractivity contribution in [2.75, 3.05) is 0 Å². The van der Waals surface area contributed by atoms with Gasteiger partial charge in [-0.15, -0.1) is 0 Å². The third kappa shape index (κ3) is 3.30. The molecule has 4 aliphatic carbocycles. The van der Waals surface area contributed by atoms with Crippen LogP contribution in [0.1, 0.15) is 85.5 Å². The fourth-order valence-electron chi connectivity index (χ4n) is 7.60. The van der Waals surface area contributed by atoms with E-state index in [0.717, 1.165) is 51.4 Å². The Hall–Kier alpha value is -1.34. The van der Waals surface area contributed by atoms with Gasteiger partial charge in [0.25, 0.3) is 0 Å². The summed E-state index contributed by atoms with van der Waals surface area (Å²) >= 11 is 0. The summed E-state index contributed by atoms with van der Waals surface area (Å²) in [5.41, 5.74) is 1.37. The average molecular weight is 387 g/mol. The first-order chi connectivity index (χ1) is 13.4. The quantitative estimate of drug-likeness (QED) is 0.640. The molecule has 4 aliphatic rings. The second-order valence-corrected chi connectivity index (χ2v) is 9.60. The van der Waals surface area contributed by atoms with E-state index in [1.165, 1.54) is 12.0 Å². The lowest BCUT2D eigenvalue weighted by atomic mass is 9.46. The Labute approximate surface area is 170 Å². The van der Waals surface area contributed by atoms with Gasteiger partial charge in [-0.05, 0) is 86.9 Å². The second kappa shape index (κ2) is 8.19. The molecule has 0 saturated heterocycles. The highest BCUT2D eigenvalue weighted by molar-refractivity contribution is 5.74. The van der Waals surface area contributed by atoms with Crippen molar-refractivity contribution >= 4 is 5.91 Å². The highest BCUT2D eigenvalue weighted by Crippen LogP contribution is 2.65. The molecule has 6 unspecified atom stereocenters. The van der Waals surface area contributed by atoms with E-state index in [-0.39, 0.29) is 23.0 Å². The molecule has 0 aromatic carbocycles. The highest BCUT2D eigenvalue weighted by Gasteiger charge is 2.62. The van der Waals surface area contributed by atoms with Gasteiger partial charge < -0.3 is 10.4 Å². The summed E-state index contributed by atoms with van der Waals surface area (Å²) in [7, 11) is 0. The van der Waals surface area contributed by atoms with E-state index in [9.17, 15) is 15.2 Å². The predicted molar refractivity (Wildman–Crippen MR) is 111 cm³/mol. The number of aliphatic hydroxyl groups excluding tert-OH is 1. The van der Waals surface area contributed by atoms with Crippen LogP contribution < -0.4 is 5.32 Å². The molecular weight excluding hydrogens is 348 g/mol. The van der Waals surface area contributed by atoms with Gasteiger partial charge in [-0.3, -0.25) is 4.79 Å². The summed E-state index contributed by atoms with van der Waals surface area (Å²) in [6.45, 7) is 8.03. The number of amides is 1. The second-order valence-electron chi connectivity index (χ2n) is 9.60. The maximum absolute atomic E-state index is 12.2. The number of carbonyl (C=O) groups excluding carboxylic acids is 1. The van der Waals surface area contributed by atoms with Crippen molar-refractivity contribution in [3.63, 3.8) is 0 Å². The van der Waals surface area contributed by atoms with E-state index in [0.29, 0.717) is 23.7 Å². The number of fused-ring (bicyclic) bond motifs is 5.